The summed E-state index contributed by atoms with van der Waals surface area (Å²) in [5.74, 6) is -0.543. The van der Waals surface area contributed by atoms with E-state index in [0.717, 1.165) is 19.3 Å². The molecule has 4 rings (SSSR count). The molecule has 1 aliphatic carbocycles. The lowest BCUT2D eigenvalue weighted by Gasteiger charge is -2.21. The highest BCUT2D eigenvalue weighted by molar-refractivity contribution is 5.99. The van der Waals surface area contributed by atoms with Crippen LogP contribution >= 0.6 is 0 Å². The Balaban J connectivity index is 1.45. The van der Waals surface area contributed by atoms with Gasteiger partial charge in [-0.05, 0) is 37.5 Å². The van der Waals surface area contributed by atoms with E-state index in [1.165, 1.54) is 31.9 Å². The number of imidazole rings is 1. The van der Waals surface area contributed by atoms with Gasteiger partial charge in [-0.15, -0.1) is 0 Å². The fourth-order valence-corrected chi connectivity index (χ4v) is 3.72. The molecule has 3 N–H and O–H groups in total. The SMILES string of the molecule is NC(=O)c1ncn2c(-c3ccco3)cc(C(=O)NCCCOC3CCCCC3)nc12. The fraction of sp³-hybridized carbons (Fsp3) is 0.429. The van der Waals surface area contributed by atoms with Gasteiger partial charge in [-0.2, -0.15) is 0 Å². The quantitative estimate of drug-likeness (QED) is 0.549. The molecule has 1 saturated carbocycles. The van der Waals surface area contributed by atoms with Gasteiger partial charge in [0, 0.05) is 13.2 Å². The van der Waals surface area contributed by atoms with Crippen LogP contribution < -0.4 is 11.1 Å². The van der Waals surface area contributed by atoms with E-state index in [4.69, 9.17) is 14.9 Å². The number of hydrogen-bond acceptors (Lipinski definition) is 6. The summed E-state index contributed by atoms with van der Waals surface area (Å²) < 4.78 is 12.9. The molecule has 9 nitrogen and oxygen atoms in total. The molecule has 3 aromatic rings. The number of nitrogens with two attached hydrogens (primary N) is 1. The van der Waals surface area contributed by atoms with Crippen LogP contribution in [-0.2, 0) is 4.74 Å². The summed E-state index contributed by atoms with van der Waals surface area (Å²) in [6.07, 6.45) is 10.0. The third kappa shape index (κ3) is 4.35. The number of hydrogen-bond donors (Lipinski definition) is 2. The molecule has 9 heteroatoms. The van der Waals surface area contributed by atoms with E-state index < -0.39 is 5.91 Å². The minimum absolute atomic E-state index is 0.00154. The Labute approximate surface area is 173 Å². The third-order valence-corrected chi connectivity index (χ3v) is 5.25. The molecule has 0 aliphatic heterocycles. The monoisotopic (exact) mass is 411 g/mol. The van der Waals surface area contributed by atoms with E-state index in [2.05, 4.69) is 15.3 Å². The van der Waals surface area contributed by atoms with Crippen molar-refractivity contribution in [2.45, 2.75) is 44.6 Å². The van der Waals surface area contributed by atoms with Crippen LogP contribution in [0.25, 0.3) is 17.1 Å². The van der Waals surface area contributed by atoms with Gasteiger partial charge < -0.3 is 20.2 Å². The minimum Gasteiger partial charge on any atom is -0.463 e. The maximum absolute atomic E-state index is 12.7. The summed E-state index contributed by atoms with van der Waals surface area (Å²) in [7, 11) is 0. The highest BCUT2D eigenvalue weighted by Gasteiger charge is 2.20. The number of aromatic nitrogens is 3. The molecule has 0 saturated heterocycles. The summed E-state index contributed by atoms with van der Waals surface area (Å²) in [6, 6.07) is 5.09. The van der Waals surface area contributed by atoms with Gasteiger partial charge in [0.25, 0.3) is 11.8 Å². The molecular formula is C21H25N5O4. The molecule has 0 aromatic carbocycles. The first-order valence-corrected chi connectivity index (χ1v) is 10.2. The second-order valence-electron chi connectivity index (χ2n) is 7.40. The van der Waals surface area contributed by atoms with Gasteiger partial charge in [-0.1, -0.05) is 19.3 Å². The number of fused-ring (bicyclic) bond motifs is 1. The van der Waals surface area contributed by atoms with Gasteiger partial charge in [0.15, 0.2) is 17.1 Å². The summed E-state index contributed by atoms with van der Waals surface area (Å²) >= 11 is 0. The van der Waals surface area contributed by atoms with Gasteiger partial charge >= 0.3 is 0 Å². The third-order valence-electron chi connectivity index (χ3n) is 5.25. The zero-order valence-electron chi connectivity index (χ0n) is 16.7. The van der Waals surface area contributed by atoms with E-state index in [0.29, 0.717) is 30.7 Å². The first kappa shape index (κ1) is 20.1. The summed E-state index contributed by atoms with van der Waals surface area (Å²) in [5.41, 5.74) is 6.32. The second kappa shape index (κ2) is 9.08. The molecule has 158 valence electrons. The average molecular weight is 411 g/mol. The number of furan rings is 1. The van der Waals surface area contributed by atoms with Crippen molar-refractivity contribution >= 4 is 17.5 Å². The maximum atomic E-state index is 12.7. The van der Waals surface area contributed by atoms with Crippen molar-refractivity contribution in [1.82, 2.24) is 19.7 Å². The molecular weight excluding hydrogens is 386 g/mol. The predicted octanol–water partition coefficient (Wildman–Crippen LogP) is 2.56. The van der Waals surface area contributed by atoms with Crippen LogP contribution in [0.3, 0.4) is 0 Å². The molecule has 3 aromatic heterocycles. The number of nitrogens with one attached hydrogen (secondary N) is 1. The summed E-state index contributed by atoms with van der Waals surface area (Å²) in [5, 5.41) is 2.86. The molecule has 2 amide bonds. The Morgan fingerprint density at radius 1 is 1.30 bits per heavy atom. The number of primary amides is 1. The van der Waals surface area contributed by atoms with Crippen molar-refractivity contribution in [3.63, 3.8) is 0 Å². The predicted molar refractivity (Wildman–Crippen MR) is 109 cm³/mol. The van der Waals surface area contributed by atoms with Crippen molar-refractivity contribution in [2.24, 2.45) is 5.73 Å². The number of amides is 2. The van der Waals surface area contributed by atoms with E-state index in [1.54, 1.807) is 22.6 Å². The van der Waals surface area contributed by atoms with Gasteiger partial charge in [0.1, 0.15) is 12.0 Å². The Kier molecular flexibility index (Phi) is 6.08. The lowest BCUT2D eigenvalue weighted by atomic mass is 9.98. The first-order chi connectivity index (χ1) is 14.6. The Hall–Kier alpha value is -3.20. The zero-order valence-corrected chi connectivity index (χ0v) is 16.7. The standard InChI is InChI=1S/C21H25N5O4/c22-19(27)18-20-25-15(12-16(26(20)13-24-18)17-8-4-10-30-17)21(28)23-9-5-11-29-14-6-2-1-3-7-14/h4,8,10,12-14H,1-3,5-7,9,11H2,(H2,22,27)(H,23,28). The number of nitrogens with zero attached hydrogens (tertiary/aromatic N) is 3. The Bertz CT molecular complexity index is 1020. The fourth-order valence-electron chi connectivity index (χ4n) is 3.72. The molecule has 0 bridgehead atoms. The molecule has 3 heterocycles. The number of carbonyl (C=O) groups excluding carboxylic acids is 2. The zero-order chi connectivity index (χ0) is 20.9. The summed E-state index contributed by atoms with van der Waals surface area (Å²) in [4.78, 5) is 32.7. The first-order valence-electron chi connectivity index (χ1n) is 10.2. The smallest absolute Gasteiger partial charge is 0.271 e. The lowest BCUT2D eigenvalue weighted by Crippen LogP contribution is -2.27. The van der Waals surface area contributed by atoms with E-state index in [1.807, 2.05) is 0 Å². The Morgan fingerprint density at radius 3 is 2.87 bits per heavy atom. The Morgan fingerprint density at radius 2 is 2.13 bits per heavy atom. The van der Waals surface area contributed by atoms with Crippen LogP contribution in [-0.4, -0.2) is 45.4 Å². The van der Waals surface area contributed by atoms with Gasteiger partial charge in [0.05, 0.1) is 18.1 Å². The van der Waals surface area contributed by atoms with Crippen molar-refractivity contribution in [3.05, 3.63) is 42.2 Å². The van der Waals surface area contributed by atoms with Crippen LogP contribution in [0, 0.1) is 0 Å². The lowest BCUT2D eigenvalue weighted by molar-refractivity contribution is 0.0273. The molecule has 30 heavy (non-hydrogen) atoms. The van der Waals surface area contributed by atoms with Gasteiger partial charge in [-0.25, -0.2) is 9.97 Å². The number of rotatable bonds is 8. The van der Waals surface area contributed by atoms with E-state index in [-0.39, 0.29) is 22.9 Å². The van der Waals surface area contributed by atoms with Crippen LogP contribution in [0.1, 0.15) is 59.5 Å². The number of ether oxygens (including phenoxy) is 1. The average Bonchev–Trinajstić information content (AvgIpc) is 3.43. The van der Waals surface area contributed by atoms with E-state index >= 15 is 0 Å². The van der Waals surface area contributed by atoms with Gasteiger partial charge in [0.2, 0.25) is 0 Å². The molecule has 1 aliphatic rings. The maximum Gasteiger partial charge on any atom is 0.271 e. The van der Waals surface area contributed by atoms with E-state index in [9.17, 15) is 9.59 Å². The molecule has 0 radical (unpaired) electrons. The van der Waals surface area contributed by atoms with Crippen molar-refractivity contribution in [1.29, 1.82) is 0 Å². The largest absolute Gasteiger partial charge is 0.463 e. The van der Waals surface area contributed by atoms with Crippen LogP contribution in [0.15, 0.2) is 35.2 Å². The summed E-state index contributed by atoms with van der Waals surface area (Å²) in [6.45, 7) is 1.08. The highest BCUT2D eigenvalue weighted by Crippen LogP contribution is 2.23. The van der Waals surface area contributed by atoms with Crippen LogP contribution in [0.4, 0.5) is 0 Å². The highest BCUT2D eigenvalue weighted by atomic mass is 16.5. The van der Waals surface area contributed by atoms with Crippen LogP contribution in [0.5, 0.6) is 0 Å². The normalized spacial score (nSPS) is 14.8. The van der Waals surface area contributed by atoms with Crippen molar-refractivity contribution < 1.29 is 18.7 Å². The topological polar surface area (TPSA) is 125 Å². The molecule has 1 fully saturated rings. The van der Waals surface area contributed by atoms with Crippen LogP contribution in [0.2, 0.25) is 0 Å². The molecule has 0 atom stereocenters. The van der Waals surface area contributed by atoms with Crippen molar-refractivity contribution in [3.8, 4) is 11.5 Å². The second-order valence-corrected chi connectivity index (χ2v) is 7.40. The number of carbonyl (C=O) groups is 2. The van der Waals surface area contributed by atoms with Gasteiger partial charge in [-0.3, -0.25) is 14.0 Å². The minimum atomic E-state index is -0.715. The van der Waals surface area contributed by atoms with Crippen molar-refractivity contribution in [2.75, 3.05) is 13.2 Å². The molecule has 0 spiro atoms. The molecule has 0 unspecified atom stereocenters.